The number of tetrazole rings is 2. The lowest BCUT2D eigenvalue weighted by atomic mass is 9.93. The summed E-state index contributed by atoms with van der Waals surface area (Å²) < 4.78 is 10.1. The van der Waals surface area contributed by atoms with Gasteiger partial charge in [-0.15, -0.1) is 10.2 Å². The molecule has 0 saturated heterocycles. The first-order valence-corrected chi connectivity index (χ1v) is 14.2. The van der Waals surface area contributed by atoms with E-state index in [4.69, 9.17) is 4.74 Å². The third kappa shape index (κ3) is 8.83. The van der Waals surface area contributed by atoms with Crippen LogP contribution in [0.15, 0.2) is 6.20 Å². The number of nitrogens with zero attached hydrogens (tertiary/aromatic N) is 11. The number of aryl methyl sites for hydroxylation is 3. The highest BCUT2D eigenvalue weighted by molar-refractivity contribution is 5.69. The molecule has 0 aliphatic carbocycles. The summed E-state index contributed by atoms with van der Waals surface area (Å²) in [5.41, 5.74) is 0.633. The van der Waals surface area contributed by atoms with Gasteiger partial charge >= 0.3 is 11.9 Å². The minimum atomic E-state index is -0.681. The first-order chi connectivity index (χ1) is 19.7. The number of rotatable bonds is 19. The number of aliphatic hydroxyl groups is 1. The van der Waals surface area contributed by atoms with Crippen molar-refractivity contribution in [3.8, 4) is 0 Å². The second-order valence-electron chi connectivity index (χ2n) is 10.2. The molecule has 0 spiro atoms. The van der Waals surface area contributed by atoms with Gasteiger partial charge in [0.2, 0.25) is 0 Å². The Morgan fingerprint density at radius 3 is 2.29 bits per heavy atom. The maximum absolute atomic E-state index is 12.2. The summed E-state index contributed by atoms with van der Waals surface area (Å²) in [7, 11) is 0. The number of aromatic nitrogens is 10. The molecule has 16 nitrogen and oxygen atoms in total. The second kappa shape index (κ2) is 15.8. The topological polar surface area (TPSA) is 195 Å². The molecule has 3 unspecified atom stereocenters. The molecule has 0 aromatic carbocycles. The van der Waals surface area contributed by atoms with E-state index < -0.39 is 17.1 Å². The average Bonchev–Trinajstić information content (AvgIpc) is 3.65. The first kappa shape index (κ1) is 31.7. The molecule has 0 radical (unpaired) electrons. The van der Waals surface area contributed by atoms with Crippen LogP contribution in [0.5, 0.6) is 0 Å². The maximum atomic E-state index is 12.2. The van der Waals surface area contributed by atoms with Crippen LogP contribution >= 0.6 is 0 Å². The lowest BCUT2D eigenvalue weighted by molar-refractivity contribution is -0.396. The van der Waals surface area contributed by atoms with Crippen LogP contribution in [-0.2, 0) is 16.1 Å². The summed E-state index contributed by atoms with van der Waals surface area (Å²) in [6.45, 7) is 7.70. The number of hydrogen-bond acceptors (Lipinski definition) is 12. The van der Waals surface area contributed by atoms with Gasteiger partial charge in [0.1, 0.15) is 42.7 Å². The fourth-order valence-corrected chi connectivity index (χ4v) is 5.02. The van der Waals surface area contributed by atoms with Crippen LogP contribution in [0, 0.1) is 30.9 Å². The van der Waals surface area contributed by atoms with E-state index in [9.17, 15) is 20.0 Å². The zero-order chi connectivity index (χ0) is 29.8. The molecule has 3 aromatic rings. The number of ether oxygens (including phenoxy) is 1. The van der Waals surface area contributed by atoms with Gasteiger partial charge in [0, 0.05) is 6.42 Å². The van der Waals surface area contributed by atoms with Crippen molar-refractivity contribution in [1.29, 1.82) is 0 Å². The second-order valence-corrected chi connectivity index (χ2v) is 10.2. The van der Waals surface area contributed by atoms with Crippen LogP contribution in [-0.4, -0.2) is 78.7 Å². The molecule has 0 amide bonds. The summed E-state index contributed by atoms with van der Waals surface area (Å²) in [5.74, 6) is 0.652. The molecule has 0 aliphatic heterocycles. The molecule has 3 aromatic heterocycles. The summed E-state index contributed by atoms with van der Waals surface area (Å²) in [6.07, 6.45) is 8.44. The minimum absolute atomic E-state index is 0.0440. The lowest BCUT2D eigenvalue weighted by Crippen LogP contribution is -2.35. The first-order valence-electron chi connectivity index (χ1n) is 14.2. The van der Waals surface area contributed by atoms with E-state index in [0.717, 1.165) is 38.5 Å². The Kier molecular flexibility index (Phi) is 12.2. The van der Waals surface area contributed by atoms with Gasteiger partial charge in [-0.25, -0.2) is 13.9 Å². The van der Waals surface area contributed by atoms with Gasteiger partial charge in [-0.05, 0) is 65.8 Å². The highest BCUT2D eigenvalue weighted by atomic mass is 16.6. The van der Waals surface area contributed by atoms with Gasteiger partial charge in [-0.2, -0.15) is 0 Å². The van der Waals surface area contributed by atoms with E-state index in [2.05, 4.69) is 43.0 Å². The van der Waals surface area contributed by atoms with Gasteiger partial charge in [0.05, 0.1) is 12.1 Å². The summed E-state index contributed by atoms with van der Waals surface area (Å²) in [5, 5.41) is 46.5. The van der Waals surface area contributed by atoms with E-state index in [0.29, 0.717) is 36.6 Å². The van der Waals surface area contributed by atoms with Crippen LogP contribution in [0.25, 0.3) is 0 Å². The molecule has 0 bridgehead atoms. The minimum Gasteiger partial charge on any atom is -0.462 e. The van der Waals surface area contributed by atoms with E-state index in [-0.39, 0.29) is 37.5 Å². The molecule has 0 aliphatic rings. The smallest absolute Gasteiger partial charge is 0.434 e. The molecule has 1 N–H and O–H groups in total. The number of esters is 1. The van der Waals surface area contributed by atoms with E-state index in [1.807, 2.05) is 13.8 Å². The van der Waals surface area contributed by atoms with Crippen molar-refractivity contribution >= 4 is 11.9 Å². The SMILES string of the molecule is CCCCCC(O)C(C(CCCCCCC(=O)OCCn1c(C)cnc1[N+](=O)[O-])n1nnnc1C)n1nnnc1C. The Labute approximate surface area is 238 Å². The van der Waals surface area contributed by atoms with Gasteiger partial charge in [-0.3, -0.25) is 4.79 Å². The molecule has 3 rings (SSSR count). The van der Waals surface area contributed by atoms with Gasteiger partial charge in [0.15, 0.2) is 0 Å². The van der Waals surface area contributed by atoms with Crippen LogP contribution < -0.4 is 0 Å². The van der Waals surface area contributed by atoms with E-state index in [1.54, 1.807) is 16.3 Å². The Morgan fingerprint density at radius 1 is 1.00 bits per heavy atom. The quantitative estimate of drug-likeness (QED) is 0.0951. The fraction of sp³-hybridized carbons (Fsp3) is 0.760. The number of hydrogen-bond donors (Lipinski definition) is 1. The highest BCUT2D eigenvalue weighted by Crippen LogP contribution is 2.33. The molecular weight excluding hydrogens is 534 g/mol. The molecule has 41 heavy (non-hydrogen) atoms. The molecule has 3 heterocycles. The van der Waals surface area contributed by atoms with Crippen molar-refractivity contribution in [3.63, 3.8) is 0 Å². The van der Waals surface area contributed by atoms with E-state index in [1.165, 1.54) is 10.8 Å². The highest BCUT2D eigenvalue weighted by Gasteiger charge is 2.34. The molecular formula is C25H41N11O5. The van der Waals surface area contributed by atoms with Crippen molar-refractivity contribution < 1.29 is 19.6 Å². The zero-order valence-corrected chi connectivity index (χ0v) is 24.3. The molecule has 0 saturated carbocycles. The van der Waals surface area contributed by atoms with E-state index >= 15 is 0 Å². The number of carbonyl (C=O) groups excluding carboxylic acids is 1. The van der Waals surface area contributed by atoms with Crippen LogP contribution in [0.2, 0.25) is 0 Å². The number of aliphatic hydroxyl groups excluding tert-OH is 1. The number of unbranched alkanes of at least 4 members (excludes halogenated alkanes) is 5. The number of imidazole rings is 1. The molecule has 3 atom stereocenters. The average molecular weight is 576 g/mol. The number of nitro groups is 1. The third-order valence-corrected chi connectivity index (χ3v) is 7.21. The Balaban J connectivity index is 1.51. The maximum Gasteiger partial charge on any atom is 0.434 e. The summed E-state index contributed by atoms with van der Waals surface area (Å²) in [4.78, 5) is 26.5. The summed E-state index contributed by atoms with van der Waals surface area (Å²) >= 11 is 0. The monoisotopic (exact) mass is 575 g/mol. The predicted molar refractivity (Wildman–Crippen MR) is 146 cm³/mol. The lowest BCUT2D eigenvalue weighted by Gasteiger charge is -2.31. The molecule has 226 valence electrons. The van der Waals surface area contributed by atoms with Gasteiger partial charge < -0.3 is 20.0 Å². The van der Waals surface area contributed by atoms with Gasteiger partial charge in [-0.1, -0.05) is 50.4 Å². The van der Waals surface area contributed by atoms with Crippen LogP contribution in [0.4, 0.5) is 5.95 Å². The van der Waals surface area contributed by atoms with Crippen molar-refractivity contribution in [2.75, 3.05) is 6.61 Å². The Bertz CT molecular complexity index is 1240. The summed E-state index contributed by atoms with van der Waals surface area (Å²) in [6, 6.07) is -0.696. The Morgan fingerprint density at radius 2 is 1.66 bits per heavy atom. The third-order valence-electron chi connectivity index (χ3n) is 7.21. The number of carbonyl (C=O) groups is 1. The van der Waals surface area contributed by atoms with Gasteiger partial charge in [0.25, 0.3) is 0 Å². The standard InChI is InChI=1S/C25H41N11O5/c1-5-6-9-13-22(37)24(35-20(4)28-30-32-35)21(34-19(3)27-29-31-34)12-10-7-8-11-14-23(38)41-16-15-33-18(2)17-26-25(33)36(39)40/h17,21-22,24,37H,5-16H2,1-4H3. The van der Waals surface area contributed by atoms with Crippen LogP contribution in [0.3, 0.4) is 0 Å². The van der Waals surface area contributed by atoms with Crippen molar-refractivity contribution in [1.82, 2.24) is 50.0 Å². The molecule has 16 heteroatoms. The molecule has 0 fully saturated rings. The largest absolute Gasteiger partial charge is 0.462 e. The Hall–Kier alpha value is -3.82. The zero-order valence-electron chi connectivity index (χ0n) is 24.3. The van der Waals surface area contributed by atoms with Crippen molar-refractivity contribution in [2.24, 2.45) is 0 Å². The fourth-order valence-electron chi connectivity index (χ4n) is 5.02. The normalized spacial score (nSPS) is 13.7. The van der Waals surface area contributed by atoms with Crippen LogP contribution in [0.1, 0.15) is 101 Å². The predicted octanol–water partition coefficient (Wildman–Crippen LogP) is 3.00. The van der Waals surface area contributed by atoms with Crippen molar-refractivity contribution in [2.45, 2.75) is 117 Å². The van der Waals surface area contributed by atoms with Crippen molar-refractivity contribution in [3.05, 3.63) is 33.7 Å².